The van der Waals surface area contributed by atoms with E-state index >= 15 is 0 Å². The summed E-state index contributed by atoms with van der Waals surface area (Å²) in [5, 5.41) is 27.7. The Morgan fingerprint density at radius 3 is 2.14 bits per heavy atom. The van der Waals surface area contributed by atoms with Crippen LogP contribution in [0.1, 0.15) is 20.8 Å². The van der Waals surface area contributed by atoms with E-state index in [1.54, 1.807) is 19.9 Å². The summed E-state index contributed by atoms with van der Waals surface area (Å²) in [6.07, 6.45) is 1.34. The number of aliphatic hydroxyl groups is 2. The molecule has 0 spiro atoms. The van der Waals surface area contributed by atoms with E-state index in [2.05, 4.69) is 0 Å². The van der Waals surface area contributed by atoms with Crippen LogP contribution in [0.15, 0.2) is 12.2 Å². The van der Waals surface area contributed by atoms with Gasteiger partial charge >= 0.3 is 5.97 Å². The average molecular weight is 202 g/mol. The van der Waals surface area contributed by atoms with Crippen molar-refractivity contribution in [2.45, 2.75) is 33.0 Å². The third-order valence-corrected chi connectivity index (χ3v) is 2.37. The van der Waals surface area contributed by atoms with Gasteiger partial charge in [0.15, 0.2) is 0 Å². The van der Waals surface area contributed by atoms with Gasteiger partial charge in [-0.25, -0.2) is 0 Å². The molecular formula is C10H18O4. The average Bonchev–Trinajstić information content (AvgIpc) is 2.14. The molecule has 3 N–H and O–H groups in total. The van der Waals surface area contributed by atoms with Crippen LogP contribution in [0.3, 0.4) is 0 Å². The molecule has 0 aliphatic rings. The predicted molar refractivity (Wildman–Crippen MR) is 52.8 cm³/mol. The molecule has 0 heterocycles. The van der Waals surface area contributed by atoms with Crippen LogP contribution < -0.4 is 0 Å². The minimum absolute atomic E-state index is 0.489. The van der Waals surface area contributed by atoms with Gasteiger partial charge < -0.3 is 15.3 Å². The van der Waals surface area contributed by atoms with Crippen molar-refractivity contribution in [2.24, 2.45) is 11.8 Å². The van der Waals surface area contributed by atoms with E-state index in [0.717, 1.165) is 0 Å². The van der Waals surface area contributed by atoms with Crippen LogP contribution in [0.5, 0.6) is 0 Å². The molecule has 0 radical (unpaired) electrons. The van der Waals surface area contributed by atoms with Crippen molar-refractivity contribution in [3.8, 4) is 0 Å². The van der Waals surface area contributed by atoms with Gasteiger partial charge in [0.05, 0.1) is 18.1 Å². The number of carboxylic acids is 1. The Bertz CT molecular complexity index is 212. The van der Waals surface area contributed by atoms with Gasteiger partial charge in [-0.15, -0.1) is 0 Å². The number of carbonyl (C=O) groups is 1. The van der Waals surface area contributed by atoms with Crippen molar-refractivity contribution in [3.05, 3.63) is 12.2 Å². The van der Waals surface area contributed by atoms with Gasteiger partial charge in [-0.1, -0.05) is 19.1 Å². The molecule has 82 valence electrons. The molecule has 0 aromatic heterocycles. The number of allylic oxidation sites excluding steroid dienone is 1. The molecule has 0 aliphatic heterocycles. The first kappa shape index (κ1) is 13.1. The lowest BCUT2D eigenvalue weighted by atomic mass is 9.89. The summed E-state index contributed by atoms with van der Waals surface area (Å²) in [5.74, 6) is -2.42. The highest BCUT2D eigenvalue weighted by Gasteiger charge is 2.29. The molecular weight excluding hydrogens is 184 g/mol. The quantitative estimate of drug-likeness (QED) is 0.572. The Morgan fingerprint density at radius 2 is 1.79 bits per heavy atom. The molecule has 0 saturated heterocycles. The van der Waals surface area contributed by atoms with E-state index in [4.69, 9.17) is 5.11 Å². The second-order valence-corrected chi connectivity index (χ2v) is 3.49. The second kappa shape index (κ2) is 5.78. The minimum atomic E-state index is -1.06. The fourth-order valence-corrected chi connectivity index (χ4v) is 1.18. The fourth-order valence-electron chi connectivity index (χ4n) is 1.18. The zero-order valence-electron chi connectivity index (χ0n) is 8.71. The van der Waals surface area contributed by atoms with Crippen molar-refractivity contribution in [3.63, 3.8) is 0 Å². The molecule has 4 atom stereocenters. The number of hydrogen-bond acceptors (Lipinski definition) is 3. The molecule has 4 nitrogen and oxygen atoms in total. The van der Waals surface area contributed by atoms with Crippen LogP contribution in [0.25, 0.3) is 0 Å². The predicted octanol–water partition coefficient (Wildman–Crippen LogP) is 0.641. The first-order valence-electron chi connectivity index (χ1n) is 4.63. The summed E-state index contributed by atoms with van der Waals surface area (Å²) in [6, 6.07) is 0. The Balaban J connectivity index is 4.37. The summed E-state index contributed by atoms with van der Waals surface area (Å²) in [7, 11) is 0. The molecule has 0 aromatic rings. The van der Waals surface area contributed by atoms with Gasteiger partial charge in [-0.05, 0) is 13.8 Å². The second-order valence-electron chi connectivity index (χ2n) is 3.49. The summed E-state index contributed by atoms with van der Waals surface area (Å²) >= 11 is 0. The maximum Gasteiger partial charge on any atom is 0.308 e. The molecule has 0 aromatic carbocycles. The van der Waals surface area contributed by atoms with Gasteiger partial charge in [-0.3, -0.25) is 4.79 Å². The maximum atomic E-state index is 10.6. The lowest BCUT2D eigenvalue weighted by molar-refractivity contribution is -0.146. The summed E-state index contributed by atoms with van der Waals surface area (Å²) in [5.41, 5.74) is 0. The monoisotopic (exact) mass is 202 g/mol. The van der Waals surface area contributed by atoms with Crippen molar-refractivity contribution < 1.29 is 20.1 Å². The molecule has 0 unspecified atom stereocenters. The molecule has 14 heavy (non-hydrogen) atoms. The minimum Gasteiger partial charge on any atom is -0.481 e. The van der Waals surface area contributed by atoms with Crippen molar-refractivity contribution >= 4 is 5.97 Å². The number of aliphatic carboxylic acids is 1. The summed E-state index contributed by atoms with van der Waals surface area (Å²) < 4.78 is 0. The molecule has 0 rings (SSSR count). The van der Waals surface area contributed by atoms with E-state index in [9.17, 15) is 15.0 Å². The van der Waals surface area contributed by atoms with Crippen molar-refractivity contribution in [1.29, 1.82) is 0 Å². The van der Waals surface area contributed by atoms with E-state index in [1.165, 1.54) is 13.0 Å². The zero-order valence-corrected chi connectivity index (χ0v) is 8.71. The van der Waals surface area contributed by atoms with Gasteiger partial charge in [0.25, 0.3) is 0 Å². The SMILES string of the molecule is CC=C[C@@H](O)[C@H](C)[C@@H](O)[C@@H](C)C(=O)O. The van der Waals surface area contributed by atoms with Crippen LogP contribution in [0.2, 0.25) is 0 Å². The Morgan fingerprint density at radius 1 is 1.29 bits per heavy atom. The molecule has 0 fully saturated rings. The number of aliphatic hydroxyl groups excluding tert-OH is 2. The van der Waals surface area contributed by atoms with Crippen LogP contribution in [-0.4, -0.2) is 33.5 Å². The molecule has 0 saturated carbocycles. The van der Waals surface area contributed by atoms with Gasteiger partial charge in [0.1, 0.15) is 0 Å². The molecule has 0 aliphatic carbocycles. The summed E-state index contributed by atoms with van der Waals surface area (Å²) in [6.45, 7) is 4.80. The number of hydrogen-bond donors (Lipinski definition) is 3. The van der Waals surface area contributed by atoms with Crippen LogP contribution in [0.4, 0.5) is 0 Å². The van der Waals surface area contributed by atoms with Gasteiger partial charge in [0, 0.05) is 5.92 Å². The van der Waals surface area contributed by atoms with E-state index < -0.39 is 30.0 Å². The molecule has 0 bridgehead atoms. The molecule has 4 heteroatoms. The van der Waals surface area contributed by atoms with Crippen LogP contribution >= 0.6 is 0 Å². The largest absolute Gasteiger partial charge is 0.481 e. The zero-order chi connectivity index (χ0) is 11.3. The molecule has 0 amide bonds. The number of carboxylic acid groups (broad SMARTS) is 1. The topological polar surface area (TPSA) is 77.8 Å². The highest BCUT2D eigenvalue weighted by atomic mass is 16.4. The van der Waals surface area contributed by atoms with E-state index in [0.29, 0.717) is 0 Å². The fraction of sp³-hybridized carbons (Fsp3) is 0.700. The van der Waals surface area contributed by atoms with Crippen LogP contribution in [-0.2, 0) is 4.79 Å². The Labute approximate surface area is 83.9 Å². The van der Waals surface area contributed by atoms with Gasteiger partial charge in [-0.2, -0.15) is 0 Å². The first-order valence-corrected chi connectivity index (χ1v) is 4.63. The van der Waals surface area contributed by atoms with E-state index in [1.807, 2.05) is 0 Å². The van der Waals surface area contributed by atoms with Crippen molar-refractivity contribution in [1.82, 2.24) is 0 Å². The Hall–Kier alpha value is -0.870. The van der Waals surface area contributed by atoms with Crippen LogP contribution in [0, 0.1) is 11.8 Å². The third kappa shape index (κ3) is 3.47. The van der Waals surface area contributed by atoms with E-state index in [-0.39, 0.29) is 0 Å². The lowest BCUT2D eigenvalue weighted by Gasteiger charge is -2.24. The summed E-state index contributed by atoms with van der Waals surface area (Å²) in [4.78, 5) is 10.6. The Kier molecular flexibility index (Phi) is 5.42. The lowest BCUT2D eigenvalue weighted by Crippen LogP contribution is -2.36. The normalized spacial score (nSPS) is 20.4. The smallest absolute Gasteiger partial charge is 0.308 e. The highest BCUT2D eigenvalue weighted by molar-refractivity contribution is 5.70. The standard InChI is InChI=1S/C10H18O4/c1-4-5-8(11)6(2)9(12)7(3)10(13)14/h4-9,11-12H,1-3H3,(H,13,14)/t6-,7+,8+,9+/m0/s1. The number of rotatable bonds is 5. The van der Waals surface area contributed by atoms with Crippen molar-refractivity contribution in [2.75, 3.05) is 0 Å². The first-order chi connectivity index (χ1) is 6.41. The third-order valence-electron chi connectivity index (χ3n) is 2.37. The highest BCUT2D eigenvalue weighted by Crippen LogP contribution is 2.17. The maximum absolute atomic E-state index is 10.6. The van der Waals surface area contributed by atoms with Gasteiger partial charge in [0.2, 0.25) is 0 Å².